The summed E-state index contributed by atoms with van der Waals surface area (Å²) in [6.07, 6.45) is 0. The third-order valence-corrected chi connectivity index (χ3v) is 2.57. The Morgan fingerprint density at radius 1 is 1.53 bits per heavy atom. The first kappa shape index (κ1) is 13.6. The van der Waals surface area contributed by atoms with E-state index in [-0.39, 0.29) is 24.2 Å². The third kappa shape index (κ3) is 3.77. The summed E-state index contributed by atoms with van der Waals surface area (Å²) >= 11 is 1.10. The molecule has 0 radical (unpaired) electrons. The van der Waals surface area contributed by atoms with Gasteiger partial charge in [-0.3, -0.25) is 9.59 Å². The van der Waals surface area contributed by atoms with E-state index in [0.717, 1.165) is 11.5 Å². The zero-order valence-corrected chi connectivity index (χ0v) is 10.9. The highest BCUT2D eigenvalue weighted by Gasteiger charge is 2.23. The van der Waals surface area contributed by atoms with Crippen LogP contribution in [0.1, 0.15) is 31.3 Å². The van der Waals surface area contributed by atoms with Crippen LogP contribution in [0.15, 0.2) is 5.38 Å². The molecular weight excluding hydrogens is 242 g/mol. The molecule has 1 aromatic rings. The molecule has 0 unspecified atom stereocenters. The van der Waals surface area contributed by atoms with Crippen molar-refractivity contribution in [2.45, 2.75) is 26.8 Å². The number of aromatic nitrogens is 2. The quantitative estimate of drug-likeness (QED) is 0.734. The smallest absolute Gasteiger partial charge is 0.325 e. The summed E-state index contributed by atoms with van der Waals surface area (Å²) in [7, 11) is 0. The van der Waals surface area contributed by atoms with Crippen LogP contribution in [-0.2, 0) is 9.53 Å². The first-order valence-corrected chi connectivity index (χ1v) is 6.13. The molecule has 94 valence electrons. The van der Waals surface area contributed by atoms with Gasteiger partial charge in [-0.2, -0.15) is 0 Å². The van der Waals surface area contributed by atoms with Gasteiger partial charge in [-0.25, -0.2) is 0 Å². The summed E-state index contributed by atoms with van der Waals surface area (Å²) in [5, 5.41) is 5.26. The maximum atomic E-state index is 12.0. The SMILES string of the molecule is CCOC(=O)CN(C(=O)c1csnn1)C(C)C. The lowest BCUT2D eigenvalue weighted by molar-refractivity contribution is -0.144. The van der Waals surface area contributed by atoms with Crippen molar-refractivity contribution >= 4 is 23.4 Å². The Labute approximate surface area is 104 Å². The van der Waals surface area contributed by atoms with Crippen LogP contribution in [0.25, 0.3) is 0 Å². The van der Waals surface area contributed by atoms with Gasteiger partial charge in [0.05, 0.1) is 6.61 Å². The Bertz CT molecular complexity index is 378. The van der Waals surface area contributed by atoms with Crippen LogP contribution in [0.3, 0.4) is 0 Å². The molecule has 0 aliphatic heterocycles. The lowest BCUT2D eigenvalue weighted by Crippen LogP contribution is -2.41. The number of ether oxygens (including phenoxy) is 1. The Kier molecular flexibility index (Phi) is 5.02. The van der Waals surface area contributed by atoms with Crippen LogP contribution in [0.2, 0.25) is 0 Å². The molecule has 7 heteroatoms. The van der Waals surface area contributed by atoms with Crippen molar-refractivity contribution in [3.05, 3.63) is 11.1 Å². The zero-order valence-electron chi connectivity index (χ0n) is 10.0. The normalized spacial score (nSPS) is 10.4. The van der Waals surface area contributed by atoms with E-state index in [2.05, 4.69) is 9.59 Å². The predicted molar refractivity (Wildman–Crippen MR) is 62.7 cm³/mol. The van der Waals surface area contributed by atoms with Crippen molar-refractivity contribution in [3.8, 4) is 0 Å². The van der Waals surface area contributed by atoms with Gasteiger partial charge in [0.15, 0.2) is 5.69 Å². The number of carbonyl (C=O) groups excluding carboxylic acids is 2. The largest absolute Gasteiger partial charge is 0.465 e. The predicted octanol–water partition coefficient (Wildman–Crippen LogP) is 0.952. The molecule has 1 rings (SSSR count). The number of esters is 1. The monoisotopic (exact) mass is 257 g/mol. The molecule has 1 heterocycles. The van der Waals surface area contributed by atoms with Crippen molar-refractivity contribution < 1.29 is 14.3 Å². The molecule has 0 fully saturated rings. The topological polar surface area (TPSA) is 72.4 Å². The molecule has 1 amide bonds. The second-order valence-electron chi connectivity index (χ2n) is 3.62. The highest BCUT2D eigenvalue weighted by atomic mass is 32.1. The highest BCUT2D eigenvalue weighted by Crippen LogP contribution is 2.07. The van der Waals surface area contributed by atoms with Crippen molar-refractivity contribution in [2.24, 2.45) is 0 Å². The Morgan fingerprint density at radius 3 is 2.71 bits per heavy atom. The van der Waals surface area contributed by atoms with Gasteiger partial charge in [-0.05, 0) is 32.3 Å². The molecule has 0 bridgehead atoms. The van der Waals surface area contributed by atoms with E-state index in [4.69, 9.17) is 4.74 Å². The average Bonchev–Trinajstić information content (AvgIpc) is 2.78. The molecule has 0 aromatic carbocycles. The summed E-state index contributed by atoms with van der Waals surface area (Å²) in [5.41, 5.74) is 0.257. The van der Waals surface area contributed by atoms with Crippen LogP contribution >= 0.6 is 11.5 Å². The fourth-order valence-corrected chi connectivity index (χ4v) is 1.67. The van der Waals surface area contributed by atoms with E-state index in [1.807, 2.05) is 13.8 Å². The summed E-state index contributed by atoms with van der Waals surface area (Å²) in [6.45, 7) is 5.62. The van der Waals surface area contributed by atoms with Gasteiger partial charge in [-0.15, -0.1) is 5.10 Å². The average molecular weight is 257 g/mol. The standard InChI is InChI=1S/C10H15N3O3S/c1-4-16-9(14)5-13(7(2)3)10(15)8-6-17-12-11-8/h6-7H,4-5H2,1-3H3. The Balaban J connectivity index is 2.73. The van der Waals surface area contributed by atoms with Crippen molar-refractivity contribution in [1.29, 1.82) is 0 Å². The minimum atomic E-state index is -0.419. The van der Waals surface area contributed by atoms with Crippen molar-refractivity contribution in [2.75, 3.05) is 13.2 Å². The summed E-state index contributed by atoms with van der Waals surface area (Å²) in [5.74, 6) is -0.723. The van der Waals surface area contributed by atoms with Gasteiger partial charge < -0.3 is 9.64 Å². The van der Waals surface area contributed by atoms with E-state index in [9.17, 15) is 9.59 Å². The zero-order chi connectivity index (χ0) is 12.8. The number of amides is 1. The second-order valence-corrected chi connectivity index (χ2v) is 4.23. The van der Waals surface area contributed by atoms with Gasteiger partial charge in [-0.1, -0.05) is 4.49 Å². The molecule has 1 aromatic heterocycles. The second kappa shape index (κ2) is 6.29. The molecule has 0 aliphatic rings. The van der Waals surface area contributed by atoms with Crippen LogP contribution in [0, 0.1) is 0 Å². The van der Waals surface area contributed by atoms with Crippen LogP contribution in [-0.4, -0.2) is 45.6 Å². The van der Waals surface area contributed by atoms with Crippen LogP contribution < -0.4 is 0 Å². The number of hydrogen-bond donors (Lipinski definition) is 0. The molecule has 0 spiro atoms. The van der Waals surface area contributed by atoms with Gasteiger partial charge in [0.25, 0.3) is 5.91 Å². The molecule has 0 atom stereocenters. The van der Waals surface area contributed by atoms with Gasteiger partial charge in [0, 0.05) is 11.4 Å². The Morgan fingerprint density at radius 2 is 2.24 bits per heavy atom. The lowest BCUT2D eigenvalue weighted by Gasteiger charge is -2.24. The minimum Gasteiger partial charge on any atom is -0.465 e. The number of nitrogens with zero attached hydrogens (tertiary/aromatic N) is 3. The molecule has 17 heavy (non-hydrogen) atoms. The molecule has 6 nitrogen and oxygen atoms in total. The van der Waals surface area contributed by atoms with Gasteiger partial charge >= 0.3 is 5.97 Å². The van der Waals surface area contributed by atoms with E-state index >= 15 is 0 Å². The molecular formula is C10H15N3O3S. The van der Waals surface area contributed by atoms with Crippen LogP contribution in [0.4, 0.5) is 0 Å². The summed E-state index contributed by atoms with van der Waals surface area (Å²) in [4.78, 5) is 24.8. The molecule has 0 saturated carbocycles. The molecule has 0 N–H and O–H groups in total. The first-order chi connectivity index (χ1) is 8.06. The van der Waals surface area contributed by atoms with Crippen LogP contribution in [0.5, 0.6) is 0 Å². The minimum absolute atomic E-state index is 0.0676. The maximum Gasteiger partial charge on any atom is 0.325 e. The van der Waals surface area contributed by atoms with Gasteiger partial charge in [0.2, 0.25) is 0 Å². The number of hydrogen-bond acceptors (Lipinski definition) is 6. The fraction of sp³-hybridized carbons (Fsp3) is 0.600. The third-order valence-electron chi connectivity index (χ3n) is 2.07. The highest BCUT2D eigenvalue weighted by molar-refractivity contribution is 7.03. The van der Waals surface area contributed by atoms with E-state index in [1.165, 1.54) is 4.90 Å². The molecule has 0 aliphatic carbocycles. The maximum absolute atomic E-state index is 12.0. The van der Waals surface area contributed by atoms with Gasteiger partial charge in [0.1, 0.15) is 6.54 Å². The summed E-state index contributed by atoms with van der Waals surface area (Å²) < 4.78 is 8.45. The fourth-order valence-electron chi connectivity index (χ4n) is 1.24. The lowest BCUT2D eigenvalue weighted by atomic mass is 10.3. The summed E-state index contributed by atoms with van der Waals surface area (Å²) in [6, 6.07) is -0.103. The van der Waals surface area contributed by atoms with Crippen molar-refractivity contribution in [3.63, 3.8) is 0 Å². The number of rotatable bonds is 5. The molecule has 0 saturated heterocycles. The van der Waals surface area contributed by atoms with E-state index < -0.39 is 5.97 Å². The first-order valence-electron chi connectivity index (χ1n) is 5.30. The van der Waals surface area contributed by atoms with E-state index in [1.54, 1.807) is 12.3 Å². The number of carbonyl (C=O) groups is 2. The van der Waals surface area contributed by atoms with Crippen molar-refractivity contribution in [1.82, 2.24) is 14.5 Å². The van der Waals surface area contributed by atoms with E-state index in [0.29, 0.717) is 6.61 Å². The Hall–Kier alpha value is -1.50.